The summed E-state index contributed by atoms with van der Waals surface area (Å²) in [6.07, 6.45) is 9.43. The number of unbranched alkanes of at least 4 members (excludes halogenated alkanes) is 1. The minimum Gasteiger partial charge on any atom is -0.368 e. The number of benzene rings is 1. The van der Waals surface area contributed by atoms with Gasteiger partial charge in [0.25, 0.3) is 0 Å². The van der Waals surface area contributed by atoms with Crippen molar-refractivity contribution in [2.75, 3.05) is 6.54 Å². The van der Waals surface area contributed by atoms with Gasteiger partial charge in [-0.2, -0.15) is 0 Å². The van der Waals surface area contributed by atoms with Crippen molar-refractivity contribution < 1.29 is 9.59 Å². The maximum absolute atomic E-state index is 11.1. The van der Waals surface area contributed by atoms with Crippen LogP contribution in [0.4, 0.5) is 0 Å². The van der Waals surface area contributed by atoms with Crippen LogP contribution in [0.2, 0.25) is 5.02 Å². The molecule has 2 amide bonds. The highest BCUT2D eigenvalue weighted by Gasteiger charge is 2.15. The van der Waals surface area contributed by atoms with Gasteiger partial charge in [0.05, 0.1) is 12.6 Å². The van der Waals surface area contributed by atoms with E-state index in [1.807, 2.05) is 13.0 Å². The van der Waals surface area contributed by atoms with Crippen molar-refractivity contribution in [3.8, 4) is 0 Å². The molecular weight excluding hydrogens is 398 g/mol. The Bertz CT molecular complexity index is 599. The van der Waals surface area contributed by atoms with Gasteiger partial charge < -0.3 is 16.8 Å². The second-order valence-corrected chi connectivity index (χ2v) is 8.99. The van der Waals surface area contributed by atoms with Gasteiger partial charge in [-0.3, -0.25) is 9.59 Å². The molecule has 6 heteroatoms. The summed E-state index contributed by atoms with van der Waals surface area (Å²) in [7, 11) is 0. The second-order valence-electron chi connectivity index (χ2n) is 8.55. The summed E-state index contributed by atoms with van der Waals surface area (Å²) in [5.74, 6) is 0.732. The minimum absolute atomic E-state index is 0.140. The maximum atomic E-state index is 11.1. The molecule has 0 heterocycles. The molecule has 0 saturated heterocycles. The number of nitrogens with two attached hydrogens (primary N) is 2. The van der Waals surface area contributed by atoms with Crippen LogP contribution in [0.3, 0.4) is 0 Å². The fraction of sp³-hybridized carbons (Fsp3) is 0.667. The maximum Gasteiger partial charge on any atom is 0.237 e. The third kappa shape index (κ3) is 15.3. The molecule has 0 spiro atoms. The van der Waals surface area contributed by atoms with Gasteiger partial charge in [-0.1, -0.05) is 83.5 Å². The van der Waals surface area contributed by atoms with E-state index in [2.05, 4.69) is 44.3 Å². The number of primary amides is 1. The number of rotatable bonds is 7. The van der Waals surface area contributed by atoms with Crippen LogP contribution < -0.4 is 16.8 Å². The molecule has 0 aliphatic heterocycles. The molecule has 1 aliphatic carbocycles. The lowest BCUT2D eigenvalue weighted by Gasteiger charge is -2.21. The molecule has 1 aliphatic rings. The number of hydrogen-bond acceptors (Lipinski definition) is 3. The average molecular weight is 440 g/mol. The number of nitrogens with one attached hydrogen (secondary N) is 1. The number of carbonyl (C=O) groups is 2. The SMILES string of the molecule is CC(C)C.CCCC[C@H](N)C(=O)NCC(N)=O.Clc1cccc(C2CCCCC2)c1. The Labute approximate surface area is 188 Å². The summed E-state index contributed by atoms with van der Waals surface area (Å²) in [6.45, 7) is 8.38. The van der Waals surface area contributed by atoms with E-state index in [-0.39, 0.29) is 12.5 Å². The molecule has 172 valence electrons. The van der Waals surface area contributed by atoms with Crippen LogP contribution in [-0.2, 0) is 9.59 Å². The molecule has 2 rings (SSSR count). The summed E-state index contributed by atoms with van der Waals surface area (Å²) in [5.41, 5.74) is 11.8. The summed E-state index contributed by atoms with van der Waals surface area (Å²) in [6, 6.07) is 7.82. The van der Waals surface area contributed by atoms with Gasteiger partial charge in [-0.05, 0) is 48.8 Å². The van der Waals surface area contributed by atoms with E-state index in [1.165, 1.54) is 37.7 Å². The standard InChI is InChI=1S/C12H15Cl.C8H17N3O2.C4H10/c13-12-8-4-7-11(9-12)10-5-2-1-3-6-10;1-2-3-4-6(9)8(13)11-5-7(10)12;1-4(2)3/h4,7-10H,1-3,5-6H2;6H,2-5,9H2,1H3,(H2,10,12)(H,11,13);4H,1-3H3/t;6-;/m.0./s1. The Morgan fingerprint density at radius 1 is 1.17 bits per heavy atom. The lowest BCUT2D eigenvalue weighted by Crippen LogP contribution is -2.43. The zero-order chi connectivity index (χ0) is 22.9. The van der Waals surface area contributed by atoms with Crippen molar-refractivity contribution in [2.24, 2.45) is 17.4 Å². The average Bonchev–Trinajstić information content (AvgIpc) is 2.71. The van der Waals surface area contributed by atoms with Crippen LogP contribution in [0.25, 0.3) is 0 Å². The van der Waals surface area contributed by atoms with Gasteiger partial charge in [0.15, 0.2) is 0 Å². The van der Waals surface area contributed by atoms with E-state index in [0.717, 1.165) is 29.7 Å². The monoisotopic (exact) mass is 439 g/mol. The summed E-state index contributed by atoms with van der Waals surface area (Å²) in [4.78, 5) is 21.4. The normalized spacial score (nSPS) is 14.6. The highest BCUT2D eigenvalue weighted by molar-refractivity contribution is 6.30. The Morgan fingerprint density at radius 2 is 1.77 bits per heavy atom. The largest absolute Gasteiger partial charge is 0.368 e. The molecule has 0 unspecified atom stereocenters. The highest BCUT2D eigenvalue weighted by atomic mass is 35.5. The van der Waals surface area contributed by atoms with Crippen molar-refractivity contribution >= 4 is 23.4 Å². The van der Waals surface area contributed by atoms with Crippen LogP contribution in [-0.4, -0.2) is 24.4 Å². The smallest absolute Gasteiger partial charge is 0.237 e. The lowest BCUT2D eigenvalue weighted by atomic mass is 9.84. The van der Waals surface area contributed by atoms with Gasteiger partial charge >= 0.3 is 0 Å². The molecule has 5 N–H and O–H groups in total. The zero-order valence-electron chi connectivity index (χ0n) is 19.3. The van der Waals surface area contributed by atoms with Gasteiger partial charge in [-0.15, -0.1) is 0 Å². The topological polar surface area (TPSA) is 98.2 Å². The molecule has 1 saturated carbocycles. The van der Waals surface area contributed by atoms with Crippen molar-refractivity contribution in [2.45, 2.75) is 91.0 Å². The van der Waals surface area contributed by atoms with Crippen LogP contribution in [0.5, 0.6) is 0 Å². The molecule has 0 aromatic heterocycles. The van der Waals surface area contributed by atoms with Crippen LogP contribution in [0.15, 0.2) is 24.3 Å². The van der Waals surface area contributed by atoms with Gasteiger partial charge in [0.2, 0.25) is 11.8 Å². The number of carbonyl (C=O) groups excluding carboxylic acids is 2. The van der Waals surface area contributed by atoms with Crippen molar-refractivity contribution in [1.29, 1.82) is 0 Å². The third-order valence-corrected chi connectivity index (χ3v) is 4.80. The first-order valence-corrected chi connectivity index (χ1v) is 11.6. The first-order valence-electron chi connectivity index (χ1n) is 11.2. The molecule has 0 bridgehead atoms. The van der Waals surface area contributed by atoms with Gasteiger partial charge in [0.1, 0.15) is 0 Å². The van der Waals surface area contributed by atoms with Crippen molar-refractivity contribution in [1.82, 2.24) is 5.32 Å². The molecular formula is C24H42ClN3O2. The van der Waals surface area contributed by atoms with Crippen LogP contribution >= 0.6 is 11.6 Å². The fourth-order valence-electron chi connectivity index (χ4n) is 3.06. The van der Waals surface area contributed by atoms with Gasteiger partial charge in [-0.25, -0.2) is 0 Å². The number of amides is 2. The van der Waals surface area contributed by atoms with Crippen molar-refractivity contribution in [3.63, 3.8) is 0 Å². The van der Waals surface area contributed by atoms with E-state index in [4.69, 9.17) is 23.1 Å². The molecule has 1 aromatic rings. The molecule has 0 radical (unpaired) electrons. The van der Waals surface area contributed by atoms with Crippen molar-refractivity contribution in [3.05, 3.63) is 34.9 Å². The van der Waals surface area contributed by atoms with E-state index >= 15 is 0 Å². The first-order chi connectivity index (χ1) is 14.2. The lowest BCUT2D eigenvalue weighted by molar-refractivity contribution is -0.125. The van der Waals surface area contributed by atoms with E-state index in [1.54, 1.807) is 0 Å². The predicted octanol–water partition coefficient (Wildman–Crippen LogP) is 5.16. The minimum atomic E-state index is -0.559. The molecule has 1 atom stereocenters. The Morgan fingerprint density at radius 3 is 2.27 bits per heavy atom. The Balaban J connectivity index is 0.000000477. The summed E-state index contributed by atoms with van der Waals surface area (Å²) in [5, 5.41) is 3.23. The Kier molecular flexibility index (Phi) is 16.2. The number of hydrogen-bond donors (Lipinski definition) is 3. The fourth-order valence-corrected chi connectivity index (χ4v) is 3.26. The molecule has 1 aromatic carbocycles. The predicted molar refractivity (Wildman–Crippen MR) is 127 cm³/mol. The van der Waals surface area contributed by atoms with Crippen LogP contribution in [0.1, 0.15) is 90.5 Å². The van der Waals surface area contributed by atoms with E-state index in [0.29, 0.717) is 6.42 Å². The van der Waals surface area contributed by atoms with E-state index < -0.39 is 11.9 Å². The molecule has 30 heavy (non-hydrogen) atoms. The number of halogens is 1. The first kappa shape index (κ1) is 28.4. The van der Waals surface area contributed by atoms with E-state index in [9.17, 15) is 9.59 Å². The second kappa shape index (κ2) is 17.1. The summed E-state index contributed by atoms with van der Waals surface area (Å²) < 4.78 is 0. The Hall–Kier alpha value is -1.59. The quantitative estimate of drug-likeness (QED) is 0.547. The third-order valence-electron chi connectivity index (χ3n) is 4.57. The van der Waals surface area contributed by atoms with Gasteiger partial charge in [0, 0.05) is 5.02 Å². The highest BCUT2D eigenvalue weighted by Crippen LogP contribution is 2.33. The zero-order valence-corrected chi connectivity index (χ0v) is 20.0. The van der Waals surface area contributed by atoms with Crippen LogP contribution in [0, 0.1) is 5.92 Å². The molecule has 5 nitrogen and oxygen atoms in total. The molecule has 1 fully saturated rings. The summed E-state index contributed by atoms with van der Waals surface area (Å²) >= 11 is 5.96.